The highest BCUT2D eigenvalue weighted by Gasteiger charge is 2.30. The van der Waals surface area contributed by atoms with Gasteiger partial charge in [-0.1, -0.05) is 29.8 Å². The number of hydrogen-bond acceptors (Lipinski definition) is 4. The molecule has 0 saturated carbocycles. The predicted molar refractivity (Wildman–Crippen MR) is 97.7 cm³/mol. The molecule has 0 aliphatic carbocycles. The molecule has 6 heteroatoms. The van der Waals surface area contributed by atoms with Gasteiger partial charge in [-0.15, -0.1) is 0 Å². The van der Waals surface area contributed by atoms with Crippen molar-refractivity contribution in [1.29, 1.82) is 0 Å². The molecule has 3 atom stereocenters. The average Bonchev–Trinajstić information content (AvgIpc) is 3.10. The normalized spacial score (nSPS) is 21.1. The number of nitrogens with zero attached hydrogens (tertiary/aromatic N) is 1. The molecule has 2 heterocycles. The van der Waals surface area contributed by atoms with Gasteiger partial charge in [0.05, 0.1) is 6.10 Å². The van der Waals surface area contributed by atoms with E-state index in [1.165, 1.54) is 5.56 Å². The third-order valence-electron chi connectivity index (χ3n) is 4.67. The second kappa shape index (κ2) is 7.95. The minimum Gasteiger partial charge on any atom is -0.387 e. The highest BCUT2D eigenvalue weighted by molar-refractivity contribution is 6.29. The van der Waals surface area contributed by atoms with Gasteiger partial charge in [0.15, 0.2) is 0 Å². The van der Waals surface area contributed by atoms with Gasteiger partial charge in [-0.05, 0) is 43.0 Å². The van der Waals surface area contributed by atoms with Gasteiger partial charge in [0.25, 0.3) is 5.91 Å². The number of nitrogens with one attached hydrogen (secondary N) is 2. The van der Waals surface area contributed by atoms with Crippen LogP contribution < -0.4 is 10.6 Å². The van der Waals surface area contributed by atoms with Crippen LogP contribution in [0.15, 0.2) is 42.6 Å². The van der Waals surface area contributed by atoms with Crippen molar-refractivity contribution < 1.29 is 9.90 Å². The highest BCUT2D eigenvalue weighted by atomic mass is 35.5. The first kappa shape index (κ1) is 17.9. The number of halogens is 1. The molecule has 1 aliphatic rings. The number of carbonyl (C=O) groups is 1. The maximum absolute atomic E-state index is 11.6. The van der Waals surface area contributed by atoms with Crippen LogP contribution in [0.3, 0.4) is 0 Å². The van der Waals surface area contributed by atoms with Crippen molar-refractivity contribution >= 4 is 17.5 Å². The zero-order valence-electron chi connectivity index (χ0n) is 14.1. The number of aliphatic hydroxyl groups is 1. The lowest BCUT2D eigenvalue weighted by Crippen LogP contribution is -2.35. The fraction of sp³-hybridized carbons (Fsp3) is 0.368. The first-order chi connectivity index (χ1) is 12.1. The SMILES string of the molecule is CNC(=O)c1ccc(C[C@@H]2CC[C@H]([C@H](O)c3ccc(Cl)nc3)N2)cc1. The van der Waals surface area contributed by atoms with Gasteiger partial charge in [-0.25, -0.2) is 4.98 Å². The summed E-state index contributed by atoms with van der Waals surface area (Å²) in [5.41, 5.74) is 2.61. The molecule has 1 aromatic heterocycles. The van der Waals surface area contributed by atoms with Crippen molar-refractivity contribution in [1.82, 2.24) is 15.6 Å². The fourth-order valence-electron chi connectivity index (χ4n) is 3.28. The van der Waals surface area contributed by atoms with Crippen LogP contribution in [0.25, 0.3) is 0 Å². The monoisotopic (exact) mass is 359 g/mol. The third kappa shape index (κ3) is 4.37. The number of aromatic nitrogens is 1. The van der Waals surface area contributed by atoms with E-state index in [0.717, 1.165) is 24.8 Å². The van der Waals surface area contributed by atoms with Crippen molar-refractivity contribution in [2.75, 3.05) is 7.05 Å². The summed E-state index contributed by atoms with van der Waals surface area (Å²) in [6.07, 6.45) is 3.81. The quantitative estimate of drug-likeness (QED) is 0.717. The molecule has 1 fully saturated rings. The molecule has 1 amide bonds. The number of carbonyl (C=O) groups excluding carboxylic acids is 1. The molecule has 132 valence electrons. The largest absolute Gasteiger partial charge is 0.387 e. The van der Waals surface area contributed by atoms with E-state index in [-0.39, 0.29) is 11.9 Å². The van der Waals surface area contributed by atoms with Gasteiger partial charge < -0.3 is 15.7 Å². The standard InChI is InChI=1S/C19H22ClN3O2/c1-21-19(25)13-4-2-12(3-5-13)10-15-7-8-16(23-15)18(24)14-6-9-17(20)22-11-14/h2-6,9,11,15-16,18,23-24H,7-8,10H2,1H3,(H,21,25)/t15-,16+,18+/m0/s1. The molecule has 0 spiro atoms. The van der Waals surface area contributed by atoms with Gasteiger partial charge >= 0.3 is 0 Å². The van der Waals surface area contributed by atoms with Crippen molar-refractivity contribution in [3.63, 3.8) is 0 Å². The summed E-state index contributed by atoms with van der Waals surface area (Å²) in [5, 5.41) is 17.1. The molecule has 1 aromatic carbocycles. The smallest absolute Gasteiger partial charge is 0.251 e. The Morgan fingerprint density at radius 1 is 1.32 bits per heavy atom. The third-order valence-corrected chi connectivity index (χ3v) is 4.90. The first-order valence-electron chi connectivity index (χ1n) is 8.43. The molecule has 2 aromatic rings. The summed E-state index contributed by atoms with van der Waals surface area (Å²) in [6.45, 7) is 0. The predicted octanol–water partition coefficient (Wildman–Crippen LogP) is 2.49. The van der Waals surface area contributed by atoms with Crippen LogP contribution in [0.4, 0.5) is 0 Å². The van der Waals surface area contributed by atoms with Crippen LogP contribution in [0.5, 0.6) is 0 Å². The Bertz CT molecular complexity index is 718. The molecule has 0 unspecified atom stereocenters. The minimum absolute atomic E-state index is 0.0121. The van der Waals surface area contributed by atoms with Crippen LogP contribution >= 0.6 is 11.6 Å². The summed E-state index contributed by atoms with van der Waals surface area (Å²) in [4.78, 5) is 15.6. The summed E-state index contributed by atoms with van der Waals surface area (Å²) >= 11 is 5.80. The Balaban J connectivity index is 1.57. The summed E-state index contributed by atoms with van der Waals surface area (Å²) in [6, 6.07) is 11.5. The number of hydrogen-bond donors (Lipinski definition) is 3. The van der Waals surface area contributed by atoms with Crippen molar-refractivity contribution in [3.8, 4) is 0 Å². The van der Waals surface area contributed by atoms with Crippen LogP contribution in [0.1, 0.15) is 40.4 Å². The van der Waals surface area contributed by atoms with Gasteiger partial charge in [0.2, 0.25) is 0 Å². The van der Waals surface area contributed by atoms with Crippen LogP contribution in [0, 0.1) is 0 Å². The molecule has 0 bridgehead atoms. The Hall–Kier alpha value is -1.95. The van der Waals surface area contributed by atoms with E-state index in [2.05, 4.69) is 15.6 Å². The van der Waals surface area contributed by atoms with Crippen molar-refractivity contribution in [3.05, 3.63) is 64.4 Å². The van der Waals surface area contributed by atoms with E-state index in [0.29, 0.717) is 16.8 Å². The lowest BCUT2D eigenvalue weighted by Gasteiger charge is -2.20. The molecule has 1 aliphatic heterocycles. The molecular formula is C19H22ClN3O2. The molecular weight excluding hydrogens is 338 g/mol. The number of amides is 1. The van der Waals surface area contributed by atoms with Crippen molar-refractivity contribution in [2.45, 2.75) is 37.5 Å². The summed E-state index contributed by atoms with van der Waals surface area (Å²) in [5.74, 6) is -0.0784. The first-order valence-corrected chi connectivity index (χ1v) is 8.81. The molecule has 1 saturated heterocycles. The second-order valence-corrected chi connectivity index (χ2v) is 6.77. The molecule has 5 nitrogen and oxygen atoms in total. The van der Waals surface area contributed by atoms with E-state index in [9.17, 15) is 9.90 Å². The van der Waals surface area contributed by atoms with E-state index >= 15 is 0 Å². The van der Waals surface area contributed by atoms with Crippen LogP contribution in [-0.2, 0) is 6.42 Å². The number of benzene rings is 1. The van der Waals surface area contributed by atoms with E-state index < -0.39 is 6.10 Å². The van der Waals surface area contributed by atoms with Crippen LogP contribution in [0.2, 0.25) is 5.15 Å². The van der Waals surface area contributed by atoms with Gasteiger partial charge in [0.1, 0.15) is 5.15 Å². The van der Waals surface area contributed by atoms with Gasteiger partial charge in [-0.3, -0.25) is 4.79 Å². The average molecular weight is 360 g/mol. The summed E-state index contributed by atoms with van der Waals surface area (Å²) < 4.78 is 0. The number of pyridine rings is 1. The zero-order valence-corrected chi connectivity index (χ0v) is 14.8. The topological polar surface area (TPSA) is 74.2 Å². The van der Waals surface area contributed by atoms with Crippen molar-refractivity contribution in [2.24, 2.45) is 0 Å². The Morgan fingerprint density at radius 2 is 2.08 bits per heavy atom. The number of rotatable bonds is 5. The lowest BCUT2D eigenvalue weighted by atomic mass is 10.0. The minimum atomic E-state index is -0.592. The summed E-state index contributed by atoms with van der Waals surface area (Å²) in [7, 11) is 1.63. The number of aliphatic hydroxyl groups excluding tert-OH is 1. The zero-order chi connectivity index (χ0) is 17.8. The second-order valence-electron chi connectivity index (χ2n) is 6.39. The fourth-order valence-corrected chi connectivity index (χ4v) is 3.39. The maximum Gasteiger partial charge on any atom is 0.251 e. The maximum atomic E-state index is 11.6. The molecule has 3 rings (SSSR count). The van der Waals surface area contributed by atoms with E-state index in [1.54, 1.807) is 19.3 Å². The van der Waals surface area contributed by atoms with Gasteiger partial charge in [-0.2, -0.15) is 0 Å². The van der Waals surface area contributed by atoms with Crippen LogP contribution in [-0.4, -0.2) is 35.1 Å². The lowest BCUT2D eigenvalue weighted by molar-refractivity contribution is 0.0963. The van der Waals surface area contributed by atoms with E-state index in [1.807, 2.05) is 30.3 Å². The Labute approximate surface area is 152 Å². The molecule has 25 heavy (non-hydrogen) atoms. The molecule has 3 N–H and O–H groups in total. The highest BCUT2D eigenvalue weighted by Crippen LogP contribution is 2.27. The van der Waals surface area contributed by atoms with Gasteiger partial charge in [0, 0.05) is 36.5 Å². The van der Waals surface area contributed by atoms with E-state index in [4.69, 9.17) is 11.6 Å². The Kier molecular flexibility index (Phi) is 5.68. The Morgan fingerprint density at radius 3 is 2.72 bits per heavy atom. The molecule has 0 radical (unpaired) electrons.